The van der Waals surface area contributed by atoms with Crippen molar-refractivity contribution >= 4 is 23.8 Å². The number of esters is 1. The standard InChI is InChI=1S/C11H20N4O5/c1-5-19-9(17)8(12)15-14-7(16)6-13-10(18)20-11(2,3)4/h5-6H2,1-4H3,(H2,12,15)(H,13,18)(H,14,16). The molecule has 0 aliphatic rings. The highest BCUT2D eigenvalue weighted by Gasteiger charge is 2.16. The number of hydrogen-bond donors (Lipinski definition) is 3. The Balaban J connectivity index is 4.10. The zero-order valence-electron chi connectivity index (χ0n) is 12.0. The summed E-state index contributed by atoms with van der Waals surface area (Å²) in [6.45, 7) is 6.46. The Morgan fingerprint density at radius 3 is 2.35 bits per heavy atom. The second-order valence-electron chi connectivity index (χ2n) is 4.61. The number of nitrogens with zero attached hydrogens (tertiary/aromatic N) is 1. The van der Waals surface area contributed by atoms with Gasteiger partial charge in [0.15, 0.2) is 0 Å². The molecule has 0 radical (unpaired) electrons. The zero-order valence-corrected chi connectivity index (χ0v) is 12.0. The van der Waals surface area contributed by atoms with E-state index in [2.05, 4.69) is 15.2 Å². The number of carbonyl (C=O) groups excluding carboxylic acids is 3. The molecule has 0 fully saturated rings. The van der Waals surface area contributed by atoms with E-state index in [1.54, 1.807) is 27.7 Å². The van der Waals surface area contributed by atoms with E-state index in [0.717, 1.165) is 0 Å². The van der Waals surface area contributed by atoms with Gasteiger partial charge in [0, 0.05) is 0 Å². The third kappa shape index (κ3) is 8.72. The summed E-state index contributed by atoms with van der Waals surface area (Å²) in [6.07, 6.45) is -0.741. The van der Waals surface area contributed by atoms with E-state index < -0.39 is 29.4 Å². The maximum atomic E-state index is 11.3. The number of ether oxygens (including phenoxy) is 2. The Bertz CT molecular complexity index is 400. The van der Waals surface area contributed by atoms with Gasteiger partial charge in [-0.25, -0.2) is 15.0 Å². The summed E-state index contributed by atoms with van der Waals surface area (Å²) in [4.78, 5) is 33.6. The fourth-order valence-electron chi connectivity index (χ4n) is 0.879. The largest absolute Gasteiger partial charge is 0.460 e. The first kappa shape index (κ1) is 17.7. The molecule has 0 aromatic rings. The fourth-order valence-corrected chi connectivity index (χ4v) is 0.879. The van der Waals surface area contributed by atoms with Gasteiger partial charge in [0.1, 0.15) is 12.1 Å². The van der Waals surface area contributed by atoms with Gasteiger partial charge in [-0.3, -0.25) is 4.79 Å². The van der Waals surface area contributed by atoms with Crippen LogP contribution in [0.2, 0.25) is 0 Å². The number of hydrogen-bond acceptors (Lipinski definition) is 6. The van der Waals surface area contributed by atoms with Crippen LogP contribution in [0.25, 0.3) is 0 Å². The van der Waals surface area contributed by atoms with E-state index in [1.165, 1.54) is 0 Å². The molecule has 20 heavy (non-hydrogen) atoms. The fraction of sp³-hybridized carbons (Fsp3) is 0.636. The van der Waals surface area contributed by atoms with Crippen molar-refractivity contribution in [2.24, 2.45) is 10.8 Å². The van der Waals surface area contributed by atoms with Crippen LogP contribution in [0.1, 0.15) is 27.7 Å². The molecule has 2 amide bonds. The Morgan fingerprint density at radius 1 is 1.25 bits per heavy atom. The van der Waals surface area contributed by atoms with Gasteiger partial charge in [-0.15, -0.1) is 5.10 Å². The second kappa shape index (κ2) is 7.97. The SMILES string of the molecule is CCOC(=O)/C(N)=N/NC(=O)CNC(=O)OC(C)(C)C. The van der Waals surface area contributed by atoms with Crippen molar-refractivity contribution in [3.8, 4) is 0 Å². The minimum absolute atomic E-state index is 0.142. The second-order valence-corrected chi connectivity index (χ2v) is 4.61. The Hall–Kier alpha value is -2.32. The molecule has 0 rings (SSSR count). The molecule has 0 saturated carbocycles. The molecule has 0 heterocycles. The lowest BCUT2D eigenvalue weighted by atomic mass is 10.2. The van der Waals surface area contributed by atoms with E-state index in [0.29, 0.717) is 0 Å². The molecule has 0 bridgehead atoms. The van der Waals surface area contributed by atoms with Crippen LogP contribution < -0.4 is 16.5 Å². The summed E-state index contributed by atoms with van der Waals surface area (Å²) in [7, 11) is 0. The monoisotopic (exact) mass is 288 g/mol. The van der Waals surface area contributed by atoms with E-state index in [9.17, 15) is 14.4 Å². The number of nitrogens with one attached hydrogen (secondary N) is 2. The van der Waals surface area contributed by atoms with Crippen LogP contribution in [-0.4, -0.2) is 42.6 Å². The topological polar surface area (TPSA) is 132 Å². The molecule has 114 valence electrons. The number of rotatable bonds is 4. The first-order valence-electron chi connectivity index (χ1n) is 5.91. The maximum Gasteiger partial charge on any atom is 0.408 e. The van der Waals surface area contributed by atoms with Gasteiger partial charge in [0.05, 0.1) is 6.61 Å². The number of alkyl carbamates (subject to hydrolysis) is 1. The summed E-state index contributed by atoms with van der Waals surface area (Å²) >= 11 is 0. The van der Waals surface area contributed by atoms with Crippen LogP contribution in [0.3, 0.4) is 0 Å². The molecule has 0 aromatic carbocycles. The zero-order chi connectivity index (χ0) is 15.8. The van der Waals surface area contributed by atoms with Crippen molar-refractivity contribution in [2.75, 3.05) is 13.2 Å². The molecule has 0 aliphatic heterocycles. The van der Waals surface area contributed by atoms with E-state index in [4.69, 9.17) is 10.5 Å². The van der Waals surface area contributed by atoms with Gasteiger partial charge < -0.3 is 20.5 Å². The number of amidine groups is 1. The van der Waals surface area contributed by atoms with Crippen LogP contribution in [0, 0.1) is 0 Å². The van der Waals surface area contributed by atoms with Crippen LogP contribution in [0.4, 0.5) is 4.79 Å². The molecule has 0 atom stereocenters. The van der Waals surface area contributed by atoms with Gasteiger partial charge in [0.2, 0.25) is 5.84 Å². The molecule has 9 heteroatoms. The number of carbonyl (C=O) groups is 3. The van der Waals surface area contributed by atoms with Crippen LogP contribution in [0.5, 0.6) is 0 Å². The first-order chi connectivity index (χ1) is 9.15. The summed E-state index contributed by atoms with van der Waals surface area (Å²) in [5.41, 5.74) is 6.57. The number of hydrazone groups is 1. The lowest BCUT2D eigenvalue weighted by Crippen LogP contribution is -2.39. The normalized spacial score (nSPS) is 11.5. The van der Waals surface area contributed by atoms with Crippen molar-refractivity contribution in [3.05, 3.63) is 0 Å². The summed E-state index contributed by atoms with van der Waals surface area (Å²) in [6, 6.07) is 0. The quantitative estimate of drug-likeness (QED) is 0.275. The average molecular weight is 288 g/mol. The van der Waals surface area contributed by atoms with Crippen molar-refractivity contribution in [1.29, 1.82) is 0 Å². The van der Waals surface area contributed by atoms with E-state index in [1.807, 2.05) is 5.43 Å². The molecule has 4 N–H and O–H groups in total. The Labute approximate surface area is 116 Å². The van der Waals surface area contributed by atoms with Crippen LogP contribution >= 0.6 is 0 Å². The highest BCUT2D eigenvalue weighted by atomic mass is 16.6. The number of amides is 2. The smallest absolute Gasteiger partial charge is 0.408 e. The van der Waals surface area contributed by atoms with Crippen molar-refractivity contribution in [1.82, 2.24) is 10.7 Å². The first-order valence-corrected chi connectivity index (χ1v) is 5.91. The highest BCUT2D eigenvalue weighted by Crippen LogP contribution is 2.05. The van der Waals surface area contributed by atoms with Crippen LogP contribution in [0.15, 0.2) is 5.10 Å². The molecule has 0 aromatic heterocycles. The predicted octanol–water partition coefficient (Wildman–Crippen LogP) is -0.537. The third-order valence-electron chi connectivity index (χ3n) is 1.58. The predicted molar refractivity (Wildman–Crippen MR) is 70.6 cm³/mol. The minimum Gasteiger partial charge on any atom is -0.460 e. The summed E-state index contributed by atoms with van der Waals surface area (Å²) in [5.74, 6) is -1.99. The van der Waals surface area contributed by atoms with E-state index >= 15 is 0 Å². The molecule has 0 spiro atoms. The Kier molecular flexibility index (Phi) is 7.05. The maximum absolute atomic E-state index is 11.3. The lowest BCUT2D eigenvalue weighted by molar-refractivity contribution is -0.135. The van der Waals surface area contributed by atoms with Crippen molar-refractivity contribution < 1.29 is 23.9 Å². The van der Waals surface area contributed by atoms with Crippen molar-refractivity contribution in [2.45, 2.75) is 33.3 Å². The van der Waals surface area contributed by atoms with E-state index in [-0.39, 0.29) is 13.2 Å². The van der Waals surface area contributed by atoms with Crippen molar-refractivity contribution in [3.63, 3.8) is 0 Å². The van der Waals surface area contributed by atoms with Gasteiger partial charge in [-0.1, -0.05) is 0 Å². The van der Waals surface area contributed by atoms with Gasteiger partial charge in [-0.05, 0) is 27.7 Å². The molecule has 0 aliphatic carbocycles. The van der Waals surface area contributed by atoms with Gasteiger partial charge >= 0.3 is 12.1 Å². The van der Waals surface area contributed by atoms with Gasteiger partial charge in [-0.2, -0.15) is 0 Å². The van der Waals surface area contributed by atoms with Crippen LogP contribution in [-0.2, 0) is 19.1 Å². The lowest BCUT2D eigenvalue weighted by Gasteiger charge is -2.19. The third-order valence-corrected chi connectivity index (χ3v) is 1.58. The van der Waals surface area contributed by atoms with Gasteiger partial charge in [0.25, 0.3) is 5.91 Å². The summed E-state index contributed by atoms with van der Waals surface area (Å²) in [5, 5.41) is 5.54. The molecular formula is C11H20N4O5. The highest BCUT2D eigenvalue weighted by molar-refractivity contribution is 6.34. The molecule has 9 nitrogen and oxygen atoms in total. The summed E-state index contributed by atoms with van der Waals surface area (Å²) < 4.78 is 9.47. The Morgan fingerprint density at radius 2 is 1.85 bits per heavy atom. The minimum atomic E-state index is -0.840. The molecule has 0 saturated heterocycles. The number of nitrogens with two attached hydrogens (primary N) is 1. The molecule has 0 unspecified atom stereocenters. The average Bonchev–Trinajstić information content (AvgIpc) is 2.31. The molecular weight excluding hydrogens is 268 g/mol.